The second kappa shape index (κ2) is 9.05. The minimum Gasteiger partial charge on any atom is -0.325 e. The number of hydrogen-bond acceptors (Lipinski definition) is 3. The summed E-state index contributed by atoms with van der Waals surface area (Å²) in [6.45, 7) is 2.03. The fourth-order valence-corrected chi connectivity index (χ4v) is 3.11. The third-order valence-corrected chi connectivity index (χ3v) is 4.87. The van der Waals surface area contributed by atoms with Gasteiger partial charge in [0.15, 0.2) is 0 Å². The van der Waals surface area contributed by atoms with Crippen LogP contribution in [0.15, 0.2) is 83.8 Å². The molecule has 0 fully saturated rings. The minimum absolute atomic E-state index is 0.0814. The van der Waals surface area contributed by atoms with Crippen LogP contribution in [-0.4, -0.2) is 17.6 Å². The van der Waals surface area contributed by atoms with Gasteiger partial charge in [-0.1, -0.05) is 35.9 Å². The van der Waals surface area contributed by atoms with Gasteiger partial charge in [-0.25, -0.2) is 0 Å². The van der Waals surface area contributed by atoms with Gasteiger partial charge in [-0.2, -0.15) is 0 Å². The number of anilines is 2. The van der Waals surface area contributed by atoms with E-state index in [0.29, 0.717) is 17.0 Å². The van der Waals surface area contributed by atoms with Crippen LogP contribution in [0.3, 0.4) is 0 Å². The van der Waals surface area contributed by atoms with Crippen molar-refractivity contribution in [2.45, 2.75) is 11.8 Å². The topological polar surface area (TPSA) is 58.2 Å². The van der Waals surface area contributed by atoms with Gasteiger partial charge in [0.25, 0.3) is 5.91 Å². The fourth-order valence-electron chi connectivity index (χ4n) is 2.41. The SMILES string of the molecule is Cc1ccc(SCC(=O)Nc2ccc(C(=O)Nc3ccccc3)cc2)cc1. The molecule has 2 amide bonds. The van der Waals surface area contributed by atoms with E-state index in [0.717, 1.165) is 10.6 Å². The molecule has 0 saturated heterocycles. The maximum absolute atomic E-state index is 12.2. The minimum atomic E-state index is -0.186. The summed E-state index contributed by atoms with van der Waals surface area (Å²) in [6.07, 6.45) is 0. The lowest BCUT2D eigenvalue weighted by atomic mass is 10.2. The van der Waals surface area contributed by atoms with Gasteiger partial charge in [-0.15, -0.1) is 11.8 Å². The van der Waals surface area contributed by atoms with Gasteiger partial charge in [-0.3, -0.25) is 9.59 Å². The summed E-state index contributed by atoms with van der Waals surface area (Å²) in [7, 11) is 0. The molecule has 0 aliphatic carbocycles. The van der Waals surface area contributed by atoms with Crippen LogP contribution in [0.2, 0.25) is 0 Å². The Morgan fingerprint density at radius 1 is 0.778 bits per heavy atom. The molecule has 136 valence electrons. The van der Waals surface area contributed by atoms with E-state index in [2.05, 4.69) is 10.6 Å². The number of carbonyl (C=O) groups is 2. The summed E-state index contributed by atoms with van der Waals surface area (Å²) in [4.78, 5) is 25.4. The first-order valence-corrected chi connectivity index (χ1v) is 9.54. The summed E-state index contributed by atoms with van der Waals surface area (Å²) in [5.74, 6) is 0.0651. The van der Waals surface area contributed by atoms with Crippen LogP contribution in [-0.2, 0) is 4.79 Å². The zero-order chi connectivity index (χ0) is 19.1. The number of nitrogens with one attached hydrogen (secondary N) is 2. The molecule has 0 bridgehead atoms. The molecule has 3 rings (SSSR count). The van der Waals surface area contributed by atoms with Crippen LogP contribution >= 0.6 is 11.8 Å². The van der Waals surface area contributed by atoms with E-state index in [4.69, 9.17) is 0 Å². The molecule has 0 atom stereocenters. The van der Waals surface area contributed by atoms with Crippen molar-refractivity contribution in [3.05, 3.63) is 90.0 Å². The molecule has 0 aromatic heterocycles. The molecule has 0 radical (unpaired) electrons. The predicted molar refractivity (Wildman–Crippen MR) is 111 cm³/mol. The first-order valence-electron chi connectivity index (χ1n) is 8.56. The second-order valence-corrected chi connectivity index (χ2v) is 7.10. The lowest BCUT2D eigenvalue weighted by Gasteiger charge is -2.08. The van der Waals surface area contributed by atoms with Crippen molar-refractivity contribution < 1.29 is 9.59 Å². The summed E-state index contributed by atoms with van der Waals surface area (Å²) >= 11 is 1.49. The summed E-state index contributed by atoms with van der Waals surface area (Å²) < 4.78 is 0. The summed E-state index contributed by atoms with van der Waals surface area (Å²) in [6, 6.07) is 24.2. The highest BCUT2D eigenvalue weighted by molar-refractivity contribution is 8.00. The Bertz CT molecular complexity index is 907. The highest BCUT2D eigenvalue weighted by Crippen LogP contribution is 2.19. The fraction of sp³-hybridized carbons (Fsp3) is 0.0909. The Hall–Kier alpha value is -3.05. The van der Waals surface area contributed by atoms with Crippen molar-refractivity contribution in [1.82, 2.24) is 0 Å². The summed E-state index contributed by atoms with van der Waals surface area (Å²) in [5, 5.41) is 5.68. The average Bonchev–Trinajstić information content (AvgIpc) is 2.69. The quantitative estimate of drug-likeness (QED) is 0.597. The van der Waals surface area contributed by atoms with Gasteiger partial charge < -0.3 is 10.6 Å². The van der Waals surface area contributed by atoms with Crippen molar-refractivity contribution in [3.8, 4) is 0 Å². The van der Waals surface area contributed by atoms with Crippen molar-refractivity contribution in [2.24, 2.45) is 0 Å². The maximum atomic E-state index is 12.2. The van der Waals surface area contributed by atoms with Crippen molar-refractivity contribution in [1.29, 1.82) is 0 Å². The molecular weight excluding hydrogens is 356 g/mol. The molecule has 4 nitrogen and oxygen atoms in total. The highest BCUT2D eigenvalue weighted by atomic mass is 32.2. The van der Waals surface area contributed by atoms with Crippen LogP contribution < -0.4 is 10.6 Å². The Labute approximate surface area is 163 Å². The Morgan fingerprint density at radius 3 is 2.07 bits per heavy atom. The third-order valence-electron chi connectivity index (χ3n) is 3.85. The third kappa shape index (κ3) is 5.72. The molecule has 3 aromatic rings. The van der Waals surface area contributed by atoms with Crippen LogP contribution in [0.5, 0.6) is 0 Å². The van der Waals surface area contributed by atoms with Crippen LogP contribution in [0.4, 0.5) is 11.4 Å². The predicted octanol–water partition coefficient (Wildman–Crippen LogP) is 4.98. The van der Waals surface area contributed by atoms with E-state index in [-0.39, 0.29) is 11.8 Å². The van der Waals surface area contributed by atoms with Gasteiger partial charge in [0, 0.05) is 21.8 Å². The molecule has 3 aromatic carbocycles. The van der Waals surface area contributed by atoms with Gasteiger partial charge in [0.05, 0.1) is 5.75 Å². The largest absolute Gasteiger partial charge is 0.325 e. The second-order valence-electron chi connectivity index (χ2n) is 6.05. The molecule has 5 heteroatoms. The number of carbonyl (C=O) groups excluding carboxylic acids is 2. The van der Waals surface area contributed by atoms with Crippen LogP contribution in [0, 0.1) is 6.92 Å². The number of rotatable bonds is 6. The van der Waals surface area contributed by atoms with Crippen molar-refractivity contribution in [2.75, 3.05) is 16.4 Å². The highest BCUT2D eigenvalue weighted by Gasteiger charge is 2.07. The van der Waals surface area contributed by atoms with E-state index < -0.39 is 0 Å². The molecule has 0 heterocycles. The molecule has 0 unspecified atom stereocenters. The van der Waals surface area contributed by atoms with E-state index >= 15 is 0 Å². The molecule has 0 aliphatic heterocycles. The van der Waals surface area contributed by atoms with E-state index in [9.17, 15) is 9.59 Å². The summed E-state index contributed by atoms with van der Waals surface area (Å²) in [5.41, 5.74) is 3.14. The van der Waals surface area contributed by atoms with Gasteiger partial charge >= 0.3 is 0 Å². The Morgan fingerprint density at radius 2 is 1.41 bits per heavy atom. The van der Waals surface area contributed by atoms with Crippen LogP contribution in [0.1, 0.15) is 15.9 Å². The number of amides is 2. The molecule has 27 heavy (non-hydrogen) atoms. The molecule has 0 spiro atoms. The van der Waals surface area contributed by atoms with Gasteiger partial charge in [-0.05, 0) is 55.5 Å². The Balaban J connectivity index is 1.51. The maximum Gasteiger partial charge on any atom is 0.255 e. The zero-order valence-corrected chi connectivity index (χ0v) is 15.8. The van der Waals surface area contributed by atoms with E-state index in [1.165, 1.54) is 17.3 Å². The first-order chi connectivity index (χ1) is 13.1. The monoisotopic (exact) mass is 376 g/mol. The number of aryl methyl sites for hydroxylation is 1. The zero-order valence-electron chi connectivity index (χ0n) is 14.9. The Kier molecular flexibility index (Phi) is 6.28. The van der Waals surface area contributed by atoms with E-state index in [1.807, 2.05) is 61.5 Å². The lowest BCUT2D eigenvalue weighted by Crippen LogP contribution is -2.15. The molecule has 0 saturated carbocycles. The van der Waals surface area contributed by atoms with Crippen LogP contribution in [0.25, 0.3) is 0 Å². The van der Waals surface area contributed by atoms with Gasteiger partial charge in [0.2, 0.25) is 5.91 Å². The number of benzene rings is 3. The molecule has 0 aliphatic rings. The molecular formula is C22H20N2O2S. The first kappa shape index (κ1) is 18.7. The number of para-hydroxylation sites is 1. The smallest absolute Gasteiger partial charge is 0.255 e. The van der Waals surface area contributed by atoms with Crippen molar-refractivity contribution in [3.63, 3.8) is 0 Å². The van der Waals surface area contributed by atoms with Gasteiger partial charge in [0.1, 0.15) is 0 Å². The normalized spacial score (nSPS) is 10.3. The van der Waals surface area contributed by atoms with Crippen molar-refractivity contribution >= 4 is 35.0 Å². The standard InChI is InChI=1S/C22H20N2O2S/c1-16-7-13-20(14-8-16)27-15-21(25)23-19-11-9-17(10-12-19)22(26)24-18-5-3-2-4-6-18/h2-14H,15H2,1H3,(H,23,25)(H,24,26). The number of hydrogen-bond donors (Lipinski definition) is 2. The van der Waals surface area contributed by atoms with E-state index in [1.54, 1.807) is 24.3 Å². The number of thioether (sulfide) groups is 1. The lowest BCUT2D eigenvalue weighted by molar-refractivity contribution is -0.113. The molecule has 2 N–H and O–H groups in total. The average molecular weight is 376 g/mol.